The second-order valence-electron chi connectivity index (χ2n) is 6.07. The molecule has 0 saturated heterocycles. The number of carboxylic acid groups (broad SMARTS) is 1. The first kappa shape index (κ1) is 18.7. The molecule has 1 aliphatic rings. The van der Waals surface area contributed by atoms with Gasteiger partial charge in [-0.25, -0.2) is 13.2 Å². The van der Waals surface area contributed by atoms with Crippen molar-refractivity contribution >= 4 is 27.6 Å². The van der Waals surface area contributed by atoms with E-state index in [9.17, 15) is 18.0 Å². The quantitative estimate of drug-likeness (QED) is 0.665. The average molecular weight is 390 g/mol. The number of para-hydroxylation sites is 1. The summed E-state index contributed by atoms with van der Waals surface area (Å²) >= 11 is 0. The van der Waals surface area contributed by atoms with Gasteiger partial charge in [-0.3, -0.25) is 9.52 Å². The molecule has 0 unspecified atom stereocenters. The third-order valence-corrected chi connectivity index (χ3v) is 5.42. The molecule has 0 radical (unpaired) electrons. The molecule has 0 aromatic heterocycles. The van der Waals surface area contributed by atoms with E-state index in [1.807, 2.05) is 0 Å². The number of sulfonamides is 1. The van der Waals surface area contributed by atoms with Gasteiger partial charge in [-0.15, -0.1) is 0 Å². The first-order chi connectivity index (χ1) is 12.8. The average Bonchev–Trinajstić information content (AvgIpc) is 3.45. The Balaban J connectivity index is 1.97. The van der Waals surface area contributed by atoms with E-state index >= 15 is 0 Å². The summed E-state index contributed by atoms with van der Waals surface area (Å²) < 4.78 is 33.1. The van der Waals surface area contributed by atoms with Crippen molar-refractivity contribution in [3.05, 3.63) is 53.6 Å². The molecule has 8 nitrogen and oxygen atoms in total. The SMILES string of the molecule is COc1ccc(C(=O)O)cc1S(=O)(=O)Nc1ccccc1C(=O)NC1CC1. The van der Waals surface area contributed by atoms with Crippen molar-refractivity contribution in [1.29, 1.82) is 0 Å². The first-order valence-electron chi connectivity index (χ1n) is 8.16. The van der Waals surface area contributed by atoms with E-state index in [4.69, 9.17) is 9.84 Å². The minimum absolute atomic E-state index is 0.00702. The largest absolute Gasteiger partial charge is 0.495 e. The third kappa shape index (κ3) is 4.20. The van der Waals surface area contributed by atoms with Gasteiger partial charge in [0.15, 0.2) is 0 Å². The van der Waals surface area contributed by atoms with Gasteiger partial charge in [-0.2, -0.15) is 0 Å². The third-order valence-electron chi connectivity index (χ3n) is 4.03. The number of carbonyl (C=O) groups excluding carboxylic acids is 1. The Morgan fingerprint density at radius 3 is 2.48 bits per heavy atom. The van der Waals surface area contributed by atoms with E-state index in [1.54, 1.807) is 12.1 Å². The van der Waals surface area contributed by atoms with Crippen LogP contribution in [0, 0.1) is 0 Å². The highest BCUT2D eigenvalue weighted by atomic mass is 32.2. The normalized spacial score (nSPS) is 13.7. The van der Waals surface area contributed by atoms with E-state index < -0.39 is 16.0 Å². The zero-order chi connectivity index (χ0) is 19.6. The number of anilines is 1. The van der Waals surface area contributed by atoms with Crippen molar-refractivity contribution in [2.75, 3.05) is 11.8 Å². The van der Waals surface area contributed by atoms with Gasteiger partial charge >= 0.3 is 5.97 Å². The van der Waals surface area contributed by atoms with Gasteiger partial charge in [0.05, 0.1) is 23.9 Å². The van der Waals surface area contributed by atoms with Crippen molar-refractivity contribution in [2.24, 2.45) is 0 Å². The number of hydrogen-bond acceptors (Lipinski definition) is 5. The summed E-state index contributed by atoms with van der Waals surface area (Å²) in [6.07, 6.45) is 1.80. The van der Waals surface area contributed by atoms with Crippen LogP contribution in [-0.2, 0) is 10.0 Å². The van der Waals surface area contributed by atoms with Gasteiger partial charge in [-0.05, 0) is 43.2 Å². The molecule has 0 atom stereocenters. The molecule has 0 bridgehead atoms. The molecule has 27 heavy (non-hydrogen) atoms. The van der Waals surface area contributed by atoms with Gasteiger partial charge in [0.1, 0.15) is 10.6 Å². The fourth-order valence-electron chi connectivity index (χ4n) is 2.48. The Hall–Kier alpha value is -3.07. The molecule has 0 heterocycles. The molecular weight excluding hydrogens is 372 g/mol. The van der Waals surface area contributed by atoms with E-state index in [0.29, 0.717) is 0 Å². The Labute approximate surface area is 156 Å². The second kappa shape index (κ2) is 7.28. The number of hydrogen-bond donors (Lipinski definition) is 3. The van der Waals surface area contributed by atoms with Crippen LogP contribution in [0.5, 0.6) is 5.75 Å². The fourth-order valence-corrected chi connectivity index (χ4v) is 3.76. The summed E-state index contributed by atoms with van der Waals surface area (Å²) in [5, 5.41) is 11.9. The van der Waals surface area contributed by atoms with Crippen LogP contribution in [-0.4, -0.2) is 38.6 Å². The van der Waals surface area contributed by atoms with Crippen molar-refractivity contribution in [1.82, 2.24) is 5.32 Å². The van der Waals surface area contributed by atoms with E-state index in [-0.39, 0.29) is 39.4 Å². The number of ether oxygens (including phenoxy) is 1. The lowest BCUT2D eigenvalue weighted by atomic mass is 10.1. The molecule has 1 fully saturated rings. The van der Waals surface area contributed by atoms with E-state index in [2.05, 4.69) is 10.0 Å². The van der Waals surface area contributed by atoms with E-state index in [1.165, 1.54) is 31.4 Å². The molecule has 1 aliphatic carbocycles. The van der Waals surface area contributed by atoms with Crippen LogP contribution < -0.4 is 14.8 Å². The molecule has 2 aromatic rings. The lowest BCUT2D eigenvalue weighted by molar-refractivity contribution is 0.0696. The number of aromatic carboxylic acids is 1. The number of nitrogens with one attached hydrogen (secondary N) is 2. The topological polar surface area (TPSA) is 122 Å². The van der Waals surface area contributed by atoms with Crippen LogP contribution in [0.1, 0.15) is 33.6 Å². The van der Waals surface area contributed by atoms with Crippen molar-refractivity contribution in [3.63, 3.8) is 0 Å². The summed E-state index contributed by atoms with van der Waals surface area (Å²) in [6.45, 7) is 0. The highest BCUT2D eigenvalue weighted by Gasteiger charge is 2.27. The number of benzene rings is 2. The highest BCUT2D eigenvalue weighted by Crippen LogP contribution is 2.28. The molecular formula is C18H18N2O6S. The Morgan fingerprint density at radius 1 is 1.15 bits per heavy atom. The molecule has 2 aromatic carbocycles. The molecule has 1 saturated carbocycles. The molecule has 9 heteroatoms. The smallest absolute Gasteiger partial charge is 0.335 e. The van der Waals surface area contributed by atoms with Gasteiger partial charge in [0.25, 0.3) is 15.9 Å². The predicted octanol–water partition coefficient (Wildman–Crippen LogP) is 2.09. The van der Waals surface area contributed by atoms with Crippen molar-refractivity contribution in [2.45, 2.75) is 23.8 Å². The fraction of sp³-hybridized carbons (Fsp3) is 0.222. The maximum absolute atomic E-state index is 12.8. The zero-order valence-corrected chi connectivity index (χ0v) is 15.2. The Morgan fingerprint density at radius 2 is 1.85 bits per heavy atom. The van der Waals surface area contributed by atoms with Gasteiger partial charge in [-0.1, -0.05) is 12.1 Å². The monoisotopic (exact) mass is 390 g/mol. The summed E-state index contributed by atoms with van der Waals surface area (Å²) in [4.78, 5) is 23.2. The molecule has 3 rings (SSSR count). The summed E-state index contributed by atoms with van der Waals surface area (Å²) in [5.41, 5.74) is 0.0794. The molecule has 0 spiro atoms. The molecule has 3 N–H and O–H groups in total. The minimum atomic E-state index is -4.20. The van der Waals surface area contributed by atoms with Crippen LogP contribution in [0.25, 0.3) is 0 Å². The van der Waals surface area contributed by atoms with Crippen LogP contribution in [0.3, 0.4) is 0 Å². The number of amides is 1. The van der Waals surface area contributed by atoms with Crippen LogP contribution in [0.15, 0.2) is 47.4 Å². The zero-order valence-electron chi connectivity index (χ0n) is 14.4. The highest BCUT2D eigenvalue weighted by molar-refractivity contribution is 7.92. The Bertz CT molecular complexity index is 999. The van der Waals surface area contributed by atoms with Crippen LogP contribution >= 0.6 is 0 Å². The van der Waals surface area contributed by atoms with Crippen molar-refractivity contribution < 1.29 is 27.9 Å². The number of rotatable bonds is 7. The van der Waals surface area contributed by atoms with Gasteiger partial charge < -0.3 is 15.2 Å². The lowest BCUT2D eigenvalue weighted by Crippen LogP contribution is -2.27. The summed E-state index contributed by atoms with van der Waals surface area (Å²) in [7, 11) is -2.92. The van der Waals surface area contributed by atoms with Gasteiger partial charge in [0.2, 0.25) is 0 Å². The summed E-state index contributed by atoms with van der Waals surface area (Å²) in [6, 6.07) is 9.85. The predicted molar refractivity (Wildman–Crippen MR) is 97.7 cm³/mol. The lowest BCUT2D eigenvalue weighted by Gasteiger charge is -2.15. The molecule has 142 valence electrons. The van der Waals surface area contributed by atoms with E-state index in [0.717, 1.165) is 18.9 Å². The van der Waals surface area contributed by atoms with Gasteiger partial charge in [0, 0.05) is 6.04 Å². The number of carboxylic acids is 1. The number of methoxy groups -OCH3 is 1. The maximum Gasteiger partial charge on any atom is 0.335 e. The molecule has 0 aliphatic heterocycles. The second-order valence-corrected chi connectivity index (χ2v) is 7.72. The first-order valence-corrected chi connectivity index (χ1v) is 9.64. The Kier molecular flexibility index (Phi) is 5.04. The van der Waals surface area contributed by atoms with Crippen LogP contribution in [0.2, 0.25) is 0 Å². The standard InChI is InChI=1S/C18H18N2O6S/c1-26-15-9-6-11(18(22)23)10-16(15)27(24,25)20-14-5-3-2-4-13(14)17(21)19-12-7-8-12/h2-6,9-10,12,20H,7-8H2,1H3,(H,19,21)(H,22,23). The minimum Gasteiger partial charge on any atom is -0.495 e. The summed E-state index contributed by atoms with van der Waals surface area (Å²) in [5.74, 6) is -1.65. The number of carbonyl (C=O) groups is 2. The van der Waals surface area contributed by atoms with Crippen molar-refractivity contribution in [3.8, 4) is 5.75 Å². The maximum atomic E-state index is 12.8. The molecule has 1 amide bonds. The van der Waals surface area contributed by atoms with Crippen LogP contribution in [0.4, 0.5) is 5.69 Å².